The molecule has 21 heavy (non-hydrogen) atoms. The lowest BCUT2D eigenvalue weighted by Gasteiger charge is -2.37. The molecule has 4 nitrogen and oxygen atoms in total. The van der Waals surface area contributed by atoms with E-state index < -0.39 is 10.0 Å². The van der Waals surface area contributed by atoms with E-state index in [0.717, 1.165) is 32.1 Å². The highest BCUT2D eigenvalue weighted by molar-refractivity contribution is 7.89. The smallest absolute Gasteiger partial charge is 0.214 e. The van der Waals surface area contributed by atoms with Crippen molar-refractivity contribution in [2.45, 2.75) is 51.1 Å². The van der Waals surface area contributed by atoms with E-state index in [4.69, 9.17) is 5.73 Å². The molecule has 118 valence electrons. The summed E-state index contributed by atoms with van der Waals surface area (Å²) in [5, 5.41) is 0. The van der Waals surface area contributed by atoms with Gasteiger partial charge in [0.25, 0.3) is 0 Å². The highest BCUT2D eigenvalue weighted by Gasteiger charge is 2.34. The zero-order valence-electron chi connectivity index (χ0n) is 12.7. The fourth-order valence-corrected chi connectivity index (χ4v) is 4.83. The quantitative estimate of drug-likeness (QED) is 0.875. The van der Waals surface area contributed by atoms with Gasteiger partial charge in [-0.2, -0.15) is 4.31 Å². The summed E-state index contributed by atoms with van der Waals surface area (Å²) >= 11 is 0. The summed E-state index contributed by atoms with van der Waals surface area (Å²) in [6.45, 7) is 2.58. The molecule has 1 saturated heterocycles. The van der Waals surface area contributed by atoms with E-state index in [9.17, 15) is 8.42 Å². The molecule has 0 saturated carbocycles. The lowest BCUT2D eigenvalue weighted by molar-refractivity contribution is 0.231. The van der Waals surface area contributed by atoms with E-state index in [1.165, 1.54) is 5.56 Å². The summed E-state index contributed by atoms with van der Waals surface area (Å²) in [4.78, 5) is 0. The van der Waals surface area contributed by atoms with Gasteiger partial charge >= 0.3 is 0 Å². The molecule has 1 heterocycles. The van der Waals surface area contributed by atoms with E-state index in [1.54, 1.807) is 4.31 Å². The molecule has 0 amide bonds. The van der Waals surface area contributed by atoms with Crippen LogP contribution in [0.25, 0.3) is 0 Å². The second-order valence-corrected chi connectivity index (χ2v) is 7.95. The number of benzene rings is 1. The molecule has 1 fully saturated rings. The van der Waals surface area contributed by atoms with Crippen molar-refractivity contribution in [1.29, 1.82) is 0 Å². The van der Waals surface area contributed by atoms with Crippen LogP contribution >= 0.6 is 0 Å². The first kappa shape index (κ1) is 16.5. The number of nitrogens with zero attached hydrogens (tertiary/aromatic N) is 1. The first-order valence-corrected chi connectivity index (χ1v) is 9.43. The maximum Gasteiger partial charge on any atom is 0.214 e. The van der Waals surface area contributed by atoms with Gasteiger partial charge < -0.3 is 5.73 Å². The third-order valence-electron chi connectivity index (χ3n) is 4.13. The molecule has 0 radical (unpaired) electrons. The molecule has 0 aliphatic carbocycles. The first-order chi connectivity index (χ1) is 10.0. The Hall–Kier alpha value is -0.910. The summed E-state index contributed by atoms with van der Waals surface area (Å²) in [5.41, 5.74) is 7.24. The minimum absolute atomic E-state index is 0.00185. The minimum Gasteiger partial charge on any atom is -0.328 e. The van der Waals surface area contributed by atoms with Crippen LogP contribution in [0, 0.1) is 0 Å². The molecule has 1 aromatic rings. The Labute approximate surface area is 128 Å². The van der Waals surface area contributed by atoms with Gasteiger partial charge in [-0.25, -0.2) is 8.42 Å². The SMILES string of the molecule is CCCCS(=O)(=O)N1CCC(N)CC1Cc1ccccc1. The number of sulfonamides is 1. The Kier molecular flexibility index (Phi) is 5.79. The molecule has 2 unspecified atom stereocenters. The lowest BCUT2D eigenvalue weighted by atomic mass is 9.95. The lowest BCUT2D eigenvalue weighted by Crippen LogP contribution is -2.51. The van der Waals surface area contributed by atoms with E-state index in [1.807, 2.05) is 25.1 Å². The first-order valence-electron chi connectivity index (χ1n) is 7.82. The van der Waals surface area contributed by atoms with Crippen LogP contribution in [-0.2, 0) is 16.4 Å². The molecule has 1 aromatic carbocycles. The fraction of sp³-hybridized carbons (Fsp3) is 0.625. The van der Waals surface area contributed by atoms with Crippen molar-refractivity contribution < 1.29 is 8.42 Å². The summed E-state index contributed by atoms with van der Waals surface area (Å²) < 4.78 is 26.8. The zero-order valence-corrected chi connectivity index (χ0v) is 13.6. The maximum atomic E-state index is 12.5. The van der Waals surface area contributed by atoms with Gasteiger partial charge in [0.15, 0.2) is 0 Å². The number of nitrogens with two attached hydrogens (primary N) is 1. The van der Waals surface area contributed by atoms with Crippen LogP contribution in [0.4, 0.5) is 0 Å². The molecule has 0 spiro atoms. The van der Waals surface area contributed by atoms with Crippen LogP contribution in [0.15, 0.2) is 30.3 Å². The average Bonchev–Trinajstić information content (AvgIpc) is 2.46. The van der Waals surface area contributed by atoms with Gasteiger partial charge in [0.1, 0.15) is 0 Å². The van der Waals surface area contributed by atoms with Crippen LogP contribution in [0.5, 0.6) is 0 Å². The van der Waals surface area contributed by atoms with Gasteiger partial charge in [0, 0.05) is 18.6 Å². The van der Waals surface area contributed by atoms with Gasteiger partial charge in [0.2, 0.25) is 10.0 Å². The average molecular weight is 310 g/mol. The van der Waals surface area contributed by atoms with Gasteiger partial charge in [-0.05, 0) is 31.2 Å². The molecule has 0 aromatic heterocycles. The number of hydrogen-bond acceptors (Lipinski definition) is 3. The van der Waals surface area contributed by atoms with Gasteiger partial charge in [-0.15, -0.1) is 0 Å². The van der Waals surface area contributed by atoms with Crippen LogP contribution in [-0.4, -0.2) is 37.1 Å². The number of rotatable bonds is 6. The summed E-state index contributed by atoms with van der Waals surface area (Å²) in [7, 11) is -3.16. The highest BCUT2D eigenvalue weighted by atomic mass is 32.2. The topological polar surface area (TPSA) is 63.4 Å². The van der Waals surface area contributed by atoms with Crippen molar-refractivity contribution in [2.24, 2.45) is 5.73 Å². The standard InChI is InChI=1S/C16H26N2O2S/c1-2-3-11-21(19,20)18-10-9-15(17)13-16(18)12-14-7-5-4-6-8-14/h4-8,15-16H,2-3,9-13,17H2,1H3. The summed E-state index contributed by atoms with van der Waals surface area (Å²) in [5.74, 6) is 0.254. The predicted molar refractivity (Wildman–Crippen MR) is 86.5 cm³/mol. The molecule has 1 aliphatic heterocycles. The molecule has 0 bridgehead atoms. The zero-order chi connectivity index (χ0) is 15.3. The Morgan fingerprint density at radius 1 is 1.29 bits per heavy atom. The van der Waals surface area contributed by atoms with E-state index in [0.29, 0.717) is 6.54 Å². The Balaban J connectivity index is 2.13. The third kappa shape index (κ3) is 4.53. The summed E-state index contributed by atoms with van der Waals surface area (Å²) in [6.07, 6.45) is 3.88. The molecule has 5 heteroatoms. The molecule has 2 rings (SSSR count). The highest BCUT2D eigenvalue weighted by Crippen LogP contribution is 2.24. The largest absolute Gasteiger partial charge is 0.328 e. The van der Waals surface area contributed by atoms with Crippen molar-refractivity contribution in [3.8, 4) is 0 Å². The molecule has 1 aliphatic rings. The molecule has 2 atom stereocenters. The normalized spacial score (nSPS) is 24.1. The van der Waals surface area contributed by atoms with Gasteiger partial charge in [0.05, 0.1) is 5.75 Å². The minimum atomic E-state index is -3.16. The van der Waals surface area contributed by atoms with Crippen LogP contribution in [0.1, 0.15) is 38.2 Å². The van der Waals surface area contributed by atoms with E-state index in [2.05, 4.69) is 12.1 Å². The maximum absolute atomic E-state index is 12.5. The third-order valence-corrected chi connectivity index (χ3v) is 6.13. The van der Waals surface area contributed by atoms with Gasteiger partial charge in [-0.3, -0.25) is 0 Å². The second-order valence-electron chi connectivity index (χ2n) is 5.91. The molecular formula is C16H26N2O2S. The second kappa shape index (κ2) is 7.38. The van der Waals surface area contributed by atoms with Crippen molar-refractivity contribution in [3.05, 3.63) is 35.9 Å². The van der Waals surface area contributed by atoms with E-state index in [-0.39, 0.29) is 17.8 Å². The summed E-state index contributed by atoms with van der Waals surface area (Å²) in [6, 6.07) is 10.2. The Bertz CT molecular complexity index is 530. The van der Waals surface area contributed by atoms with Crippen LogP contribution in [0.2, 0.25) is 0 Å². The van der Waals surface area contributed by atoms with Crippen molar-refractivity contribution >= 4 is 10.0 Å². The van der Waals surface area contributed by atoms with Gasteiger partial charge in [-0.1, -0.05) is 43.7 Å². The fourth-order valence-electron chi connectivity index (χ4n) is 2.94. The number of unbranched alkanes of at least 4 members (excludes halogenated alkanes) is 1. The Morgan fingerprint density at radius 3 is 2.67 bits per heavy atom. The van der Waals surface area contributed by atoms with Crippen molar-refractivity contribution in [1.82, 2.24) is 4.31 Å². The Morgan fingerprint density at radius 2 is 2.00 bits per heavy atom. The van der Waals surface area contributed by atoms with Crippen molar-refractivity contribution in [2.75, 3.05) is 12.3 Å². The number of hydrogen-bond donors (Lipinski definition) is 1. The van der Waals surface area contributed by atoms with Crippen LogP contribution in [0.3, 0.4) is 0 Å². The van der Waals surface area contributed by atoms with Crippen molar-refractivity contribution in [3.63, 3.8) is 0 Å². The number of piperidine rings is 1. The molecule has 2 N–H and O–H groups in total. The molecular weight excluding hydrogens is 284 g/mol. The van der Waals surface area contributed by atoms with E-state index >= 15 is 0 Å². The predicted octanol–water partition coefficient (Wildman–Crippen LogP) is 2.15. The monoisotopic (exact) mass is 310 g/mol. The van der Waals surface area contributed by atoms with Crippen LogP contribution < -0.4 is 5.73 Å².